The van der Waals surface area contributed by atoms with E-state index in [1.54, 1.807) is 12.1 Å². The van der Waals surface area contributed by atoms with Gasteiger partial charge in [-0.2, -0.15) is 0 Å². The lowest BCUT2D eigenvalue weighted by Crippen LogP contribution is -2.41. The summed E-state index contributed by atoms with van der Waals surface area (Å²) in [6, 6.07) is 12.5. The molecule has 7 nitrogen and oxygen atoms in total. The van der Waals surface area contributed by atoms with Gasteiger partial charge in [0.2, 0.25) is 0 Å². The van der Waals surface area contributed by atoms with E-state index in [0.717, 1.165) is 5.56 Å². The van der Waals surface area contributed by atoms with Crippen LogP contribution in [-0.2, 0) is 0 Å². The third-order valence-corrected chi connectivity index (χ3v) is 3.47. The van der Waals surface area contributed by atoms with Crippen molar-refractivity contribution in [3.05, 3.63) is 75.3 Å². The lowest BCUT2D eigenvalue weighted by molar-refractivity contribution is -0.385. The van der Waals surface area contributed by atoms with E-state index >= 15 is 0 Å². The van der Waals surface area contributed by atoms with Crippen molar-refractivity contribution in [2.24, 2.45) is 0 Å². The van der Waals surface area contributed by atoms with Crippen LogP contribution in [0.4, 0.5) is 5.69 Å². The first-order valence-corrected chi connectivity index (χ1v) is 7.34. The zero-order chi connectivity index (χ0) is 17.7. The number of nitro benzene ring substituents is 1. The van der Waals surface area contributed by atoms with Crippen LogP contribution in [0.15, 0.2) is 48.5 Å². The fourth-order valence-corrected chi connectivity index (χ4v) is 2.10. The first-order valence-electron chi connectivity index (χ1n) is 7.34. The zero-order valence-electron chi connectivity index (χ0n) is 13.3. The van der Waals surface area contributed by atoms with Crippen molar-refractivity contribution in [3.63, 3.8) is 0 Å². The summed E-state index contributed by atoms with van der Waals surface area (Å²) in [4.78, 5) is 34.3. The number of amides is 2. The van der Waals surface area contributed by atoms with E-state index in [0.29, 0.717) is 11.5 Å². The van der Waals surface area contributed by atoms with Gasteiger partial charge in [0, 0.05) is 11.6 Å². The average Bonchev–Trinajstić information content (AvgIpc) is 2.59. The molecule has 0 unspecified atom stereocenters. The molecule has 0 fully saturated rings. The van der Waals surface area contributed by atoms with E-state index < -0.39 is 16.7 Å². The number of rotatable bonds is 4. The molecule has 7 heteroatoms. The zero-order valence-corrected chi connectivity index (χ0v) is 13.3. The minimum atomic E-state index is -0.755. The molecule has 0 aliphatic rings. The molecule has 2 amide bonds. The van der Waals surface area contributed by atoms with Gasteiger partial charge in [-0.25, -0.2) is 0 Å². The highest BCUT2D eigenvalue weighted by Gasteiger charge is 2.19. The van der Waals surface area contributed by atoms with Gasteiger partial charge in [0.25, 0.3) is 17.5 Å². The summed E-state index contributed by atoms with van der Waals surface area (Å²) in [5, 5.41) is 10.9. The van der Waals surface area contributed by atoms with Gasteiger partial charge in [0.05, 0.1) is 4.92 Å². The fraction of sp³-hybridized carbons (Fsp3) is 0.176. The number of carbonyl (C=O) groups is 2. The number of hydrogen-bond acceptors (Lipinski definition) is 4. The number of carbonyl (C=O) groups excluding carboxylic acids is 2. The van der Waals surface area contributed by atoms with Gasteiger partial charge in [-0.1, -0.05) is 38.1 Å². The molecule has 0 radical (unpaired) electrons. The fourth-order valence-electron chi connectivity index (χ4n) is 2.10. The largest absolute Gasteiger partial charge is 0.282 e. The Morgan fingerprint density at radius 2 is 1.54 bits per heavy atom. The predicted molar refractivity (Wildman–Crippen MR) is 88.6 cm³/mol. The standard InChI is InChI=1S/C17H17N3O4/c1-11(2)12-7-9-13(10-8-12)16(21)18-19-17(22)14-5-3-4-6-15(14)20(23)24/h3-11H,1-2H3,(H,18,21)(H,19,22). The second-order valence-electron chi connectivity index (χ2n) is 5.46. The number of nitro groups is 1. The molecule has 0 aliphatic heterocycles. The quantitative estimate of drug-likeness (QED) is 0.666. The van der Waals surface area contributed by atoms with E-state index in [1.807, 2.05) is 26.0 Å². The molecule has 2 rings (SSSR count). The normalized spacial score (nSPS) is 10.3. The Morgan fingerprint density at radius 1 is 0.958 bits per heavy atom. The Labute approximate surface area is 138 Å². The van der Waals surface area contributed by atoms with Crippen LogP contribution in [0.25, 0.3) is 0 Å². The van der Waals surface area contributed by atoms with Crippen molar-refractivity contribution < 1.29 is 14.5 Å². The molecule has 0 aliphatic carbocycles. The molecule has 0 bridgehead atoms. The summed E-state index contributed by atoms with van der Waals surface area (Å²) in [5.41, 5.74) is 5.45. The lowest BCUT2D eigenvalue weighted by atomic mass is 10.0. The molecule has 0 heterocycles. The second kappa shape index (κ2) is 7.36. The third-order valence-electron chi connectivity index (χ3n) is 3.47. The van der Waals surface area contributed by atoms with Crippen LogP contribution in [0.2, 0.25) is 0 Å². The molecule has 0 atom stereocenters. The Balaban J connectivity index is 2.04. The first kappa shape index (κ1) is 17.1. The topological polar surface area (TPSA) is 101 Å². The molecular formula is C17H17N3O4. The van der Waals surface area contributed by atoms with Crippen LogP contribution in [-0.4, -0.2) is 16.7 Å². The number of hydrazine groups is 1. The number of nitrogens with one attached hydrogen (secondary N) is 2. The van der Waals surface area contributed by atoms with E-state index in [4.69, 9.17) is 0 Å². The Bertz CT molecular complexity index is 770. The Kier molecular flexibility index (Phi) is 5.26. The van der Waals surface area contributed by atoms with Crippen LogP contribution < -0.4 is 10.9 Å². The minimum Gasteiger partial charge on any atom is -0.267 e. The average molecular weight is 327 g/mol. The van der Waals surface area contributed by atoms with Crippen molar-refractivity contribution in [2.75, 3.05) is 0 Å². The highest BCUT2D eigenvalue weighted by atomic mass is 16.6. The molecule has 2 aromatic carbocycles. The SMILES string of the molecule is CC(C)c1ccc(C(=O)NNC(=O)c2ccccc2[N+](=O)[O-])cc1. The van der Waals surface area contributed by atoms with Crippen molar-refractivity contribution >= 4 is 17.5 Å². The predicted octanol–water partition coefficient (Wildman–Crippen LogP) is 2.79. The van der Waals surface area contributed by atoms with Gasteiger partial charge in [-0.15, -0.1) is 0 Å². The molecule has 0 saturated carbocycles. The van der Waals surface area contributed by atoms with Crippen LogP contribution in [0.1, 0.15) is 46.0 Å². The first-order chi connectivity index (χ1) is 11.4. The summed E-state index contributed by atoms with van der Waals surface area (Å²) < 4.78 is 0. The van der Waals surface area contributed by atoms with Gasteiger partial charge in [-0.3, -0.25) is 30.6 Å². The molecule has 2 aromatic rings. The number of hydrogen-bond donors (Lipinski definition) is 2. The number of para-hydroxylation sites is 1. The maximum absolute atomic E-state index is 12.0. The Hall–Kier alpha value is -3.22. The molecular weight excluding hydrogens is 310 g/mol. The van der Waals surface area contributed by atoms with Crippen LogP contribution in [0.3, 0.4) is 0 Å². The highest BCUT2D eigenvalue weighted by molar-refractivity contribution is 6.01. The van der Waals surface area contributed by atoms with E-state index in [2.05, 4.69) is 10.9 Å². The minimum absolute atomic E-state index is 0.127. The summed E-state index contributed by atoms with van der Waals surface area (Å²) >= 11 is 0. The van der Waals surface area contributed by atoms with E-state index in [-0.39, 0.29) is 11.3 Å². The van der Waals surface area contributed by atoms with E-state index in [1.165, 1.54) is 24.3 Å². The highest BCUT2D eigenvalue weighted by Crippen LogP contribution is 2.17. The third kappa shape index (κ3) is 3.95. The van der Waals surface area contributed by atoms with Crippen molar-refractivity contribution in [1.29, 1.82) is 0 Å². The van der Waals surface area contributed by atoms with Gasteiger partial charge in [-0.05, 0) is 29.7 Å². The van der Waals surface area contributed by atoms with Crippen molar-refractivity contribution in [1.82, 2.24) is 10.9 Å². The smallest absolute Gasteiger partial charge is 0.267 e. The molecule has 124 valence electrons. The van der Waals surface area contributed by atoms with Crippen molar-refractivity contribution in [3.8, 4) is 0 Å². The van der Waals surface area contributed by atoms with E-state index in [9.17, 15) is 19.7 Å². The van der Waals surface area contributed by atoms with Gasteiger partial charge >= 0.3 is 0 Å². The van der Waals surface area contributed by atoms with Crippen molar-refractivity contribution in [2.45, 2.75) is 19.8 Å². The summed E-state index contributed by atoms with van der Waals surface area (Å²) in [5.74, 6) is -0.910. The summed E-state index contributed by atoms with van der Waals surface area (Å²) in [6.45, 7) is 4.09. The maximum Gasteiger partial charge on any atom is 0.282 e. The Morgan fingerprint density at radius 3 is 2.12 bits per heavy atom. The maximum atomic E-state index is 12.0. The molecule has 2 N–H and O–H groups in total. The van der Waals surface area contributed by atoms with Crippen LogP contribution in [0.5, 0.6) is 0 Å². The van der Waals surface area contributed by atoms with Gasteiger partial charge < -0.3 is 0 Å². The van der Waals surface area contributed by atoms with Gasteiger partial charge in [0.15, 0.2) is 0 Å². The molecule has 0 aromatic heterocycles. The number of benzene rings is 2. The van der Waals surface area contributed by atoms with Crippen LogP contribution in [0, 0.1) is 10.1 Å². The summed E-state index contributed by atoms with van der Waals surface area (Å²) in [6.07, 6.45) is 0. The van der Waals surface area contributed by atoms with Gasteiger partial charge in [0.1, 0.15) is 5.56 Å². The molecule has 0 spiro atoms. The summed E-state index contributed by atoms with van der Waals surface area (Å²) in [7, 11) is 0. The monoisotopic (exact) mass is 327 g/mol. The number of nitrogens with zero attached hydrogens (tertiary/aromatic N) is 1. The molecule has 0 saturated heterocycles. The lowest BCUT2D eigenvalue weighted by Gasteiger charge is -2.09. The van der Waals surface area contributed by atoms with Crippen LogP contribution >= 0.6 is 0 Å². The second-order valence-corrected chi connectivity index (χ2v) is 5.46. The molecule has 24 heavy (non-hydrogen) atoms.